The van der Waals surface area contributed by atoms with Crippen LogP contribution in [0.25, 0.3) is 22.4 Å². The minimum Gasteiger partial charge on any atom is -0.456 e. The number of halogens is 1. The highest BCUT2D eigenvalue weighted by atomic mass is 35.5. The van der Waals surface area contributed by atoms with Crippen molar-refractivity contribution in [3.8, 4) is 17.3 Å². The van der Waals surface area contributed by atoms with Crippen LogP contribution >= 0.6 is 11.6 Å². The van der Waals surface area contributed by atoms with Gasteiger partial charge in [-0.25, -0.2) is 13.4 Å². The standard InChI is InChI=1S/C22H22ClN3O6S/c1-22(9-33(28,29)10-22)12-4-2-11(3-5-12)17-13(23)6-14-20(25-17)26-21(24-14)32-16-8-31-18-15(27)7-30-19(16)18/h2-6,15-16,18-19,27H,7-10H2,1H3,(H,24,25,26). The van der Waals surface area contributed by atoms with Crippen LogP contribution in [0.4, 0.5) is 0 Å². The zero-order valence-electron chi connectivity index (χ0n) is 17.7. The molecule has 0 amide bonds. The van der Waals surface area contributed by atoms with Crippen molar-refractivity contribution in [2.24, 2.45) is 0 Å². The molecule has 6 rings (SSSR count). The first-order valence-corrected chi connectivity index (χ1v) is 12.9. The van der Waals surface area contributed by atoms with Crippen molar-refractivity contribution >= 4 is 32.6 Å². The van der Waals surface area contributed by atoms with Crippen molar-refractivity contribution in [3.63, 3.8) is 0 Å². The number of rotatable bonds is 4. The number of H-pyrrole nitrogens is 1. The number of benzene rings is 1. The Morgan fingerprint density at radius 3 is 2.61 bits per heavy atom. The molecule has 4 unspecified atom stereocenters. The molecule has 3 fully saturated rings. The van der Waals surface area contributed by atoms with E-state index in [1.54, 1.807) is 6.07 Å². The molecule has 0 saturated carbocycles. The summed E-state index contributed by atoms with van der Waals surface area (Å²) in [6, 6.07) is 9.68. The maximum Gasteiger partial charge on any atom is 0.296 e. The van der Waals surface area contributed by atoms with Gasteiger partial charge in [0.05, 0.1) is 41.0 Å². The molecule has 1 aromatic carbocycles. The van der Waals surface area contributed by atoms with Crippen LogP contribution in [0.1, 0.15) is 12.5 Å². The van der Waals surface area contributed by atoms with Gasteiger partial charge in [-0.2, -0.15) is 4.98 Å². The molecule has 4 atom stereocenters. The summed E-state index contributed by atoms with van der Waals surface area (Å²) in [5.41, 5.74) is 3.09. The molecule has 11 heteroatoms. The lowest BCUT2D eigenvalue weighted by atomic mass is 9.85. The Bertz CT molecular complexity index is 1330. The zero-order chi connectivity index (χ0) is 23.0. The zero-order valence-corrected chi connectivity index (χ0v) is 19.3. The fourth-order valence-corrected chi connectivity index (χ4v) is 7.42. The molecule has 3 aliphatic heterocycles. The molecule has 9 nitrogen and oxygen atoms in total. The van der Waals surface area contributed by atoms with Crippen LogP contribution in [0.3, 0.4) is 0 Å². The quantitative estimate of drug-likeness (QED) is 0.567. The number of ether oxygens (including phenoxy) is 3. The third-order valence-corrected chi connectivity index (χ3v) is 9.02. The van der Waals surface area contributed by atoms with E-state index in [1.165, 1.54) is 0 Å². The molecule has 0 spiro atoms. The van der Waals surface area contributed by atoms with Gasteiger partial charge in [0.25, 0.3) is 6.01 Å². The molecule has 0 bridgehead atoms. The number of hydrogen-bond donors (Lipinski definition) is 2. The topological polar surface area (TPSA) is 124 Å². The monoisotopic (exact) mass is 491 g/mol. The minimum atomic E-state index is -2.93. The maximum absolute atomic E-state index is 11.6. The minimum absolute atomic E-state index is 0.165. The van der Waals surface area contributed by atoms with Crippen molar-refractivity contribution < 1.29 is 27.7 Å². The van der Waals surface area contributed by atoms with Gasteiger partial charge in [0.2, 0.25) is 0 Å². The van der Waals surface area contributed by atoms with E-state index in [0.29, 0.717) is 28.5 Å². The van der Waals surface area contributed by atoms with E-state index in [0.717, 1.165) is 11.1 Å². The van der Waals surface area contributed by atoms with Gasteiger partial charge in [-0.3, -0.25) is 0 Å². The molecule has 0 radical (unpaired) electrons. The highest BCUT2D eigenvalue weighted by molar-refractivity contribution is 7.93. The summed E-state index contributed by atoms with van der Waals surface area (Å²) in [6.07, 6.45) is -1.76. The number of aromatic amines is 1. The third kappa shape index (κ3) is 3.60. The lowest BCUT2D eigenvalue weighted by Gasteiger charge is -2.38. The summed E-state index contributed by atoms with van der Waals surface area (Å²) in [6.45, 7) is 2.49. The van der Waals surface area contributed by atoms with Gasteiger partial charge < -0.3 is 24.3 Å². The number of hydrogen-bond acceptors (Lipinski definition) is 8. The number of pyridine rings is 1. The Morgan fingerprint density at radius 2 is 1.88 bits per heavy atom. The number of imidazole rings is 1. The smallest absolute Gasteiger partial charge is 0.296 e. The first-order chi connectivity index (χ1) is 15.7. The van der Waals surface area contributed by atoms with Gasteiger partial charge >= 0.3 is 0 Å². The van der Waals surface area contributed by atoms with E-state index in [4.69, 9.17) is 25.8 Å². The summed E-state index contributed by atoms with van der Waals surface area (Å²) in [5, 5.41) is 10.3. The lowest BCUT2D eigenvalue weighted by Crippen LogP contribution is -2.49. The fourth-order valence-electron chi connectivity index (χ4n) is 4.97. The highest BCUT2D eigenvalue weighted by Gasteiger charge is 2.49. The third-order valence-electron chi connectivity index (χ3n) is 6.58. The molecule has 2 aromatic heterocycles. The Morgan fingerprint density at radius 1 is 1.15 bits per heavy atom. The predicted molar refractivity (Wildman–Crippen MR) is 120 cm³/mol. The number of aromatic nitrogens is 3. The largest absolute Gasteiger partial charge is 0.456 e. The maximum atomic E-state index is 11.6. The van der Waals surface area contributed by atoms with Crippen molar-refractivity contribution in [2.75, 3.05) is 24.7 Å². The number of nitrogens with one attached hydrogen (secondary N) is 1. The van der Waals surface area contributed by atoms with Crippen LogP contribution in [-0.4, -0.2) is 77.6 Å². The fraction of sp³-hybridized carbons (Fsp3) is 0.455. The molecule has 5 heterocycles. The Labute approximate surface area is 195 Å². The van der Waals surface area contributed by atoms with E-state index < -0.39 is 15.9 Å². The number of aliphatic hydroxyl groups excluding tert-OH is 1. The summed E-state index contributed by atoms with van der Waals surface area (Å²) < 4.78 is 40.4. The molecule has 3 aromatic rings. The van der Waals surface area contributed by atoms with Crippen LogP contribution in [0.5, 0.6) is 6.01 Å². The highest BCUT2D eigenvalue weighted by Crippen LogP contribution is 2.38. The summed E-state index contributed by atoms with van der Waals surface area (Å²) in [7, 11) is -2.93. The molecular formula is C22H22ClN3O6S. The van der Waals surface area contributed by atoms with Gasteiger partial charge in [0, 0.05) is 11.0 Å². The normalized spacial score (nSPS) is 29.7. The van der Waals surface area contributed by atoms with E-state index in [1.807, 2.05) is 31.2 Å². The van der Waals surface area contributed by atoms with Crippen LogP contribution in [0.15, 0.2) is 30.3 Å². The average Bonchev–Trinajstić information content (AvgIpc) is 3.43. The van der Waals surface area contributed by atoms with Gasteiger partial charge in [-0.15, -0.1) is 0 Å². The number of fused-ring (bicyclic) bond motifs is 2. The predicted octanol–water partition coefficient (Wildman–Crippen LogP) is 1.87. The van der Waals surface area contributed by atoms with Crippen molar-refractivity contribution in [1.82, 2.24) is 15.0 Å². The van der Waals surface area contributed by atoms with Crippen molar-refractivity contribution in [3.05, 3.63) is 40.9 Å². The van der Waals surface area contributed by atoms with Gasteiger partial charge in [-0.1, -0.05) is 42.8 Å². The Hall–Kier alpha value is -2.24. The second kappa shape index (κ2) is 7.38. The molecule has 174 valence electrons. The van der Waals surface area contributed by atoms with Crippen molar-refractivity contribution in [2.45, 2.75) is 36.8 Å². The molecule has 0 aliphatic carbocycles. The number of aliphatic hydroxyl groups is 1. The van der Waals surface area contributed by atoms with Gasteiger partial charge in [0.1, 0.15) is 18.3 Å². The van der Waals surface area contributed by atoms with E-state index >= 15 is 0 Å². The first kappa shape index (κ1) is 21.3. The van der Waals surface area contributed by atoms with Crippen LogP contribution in [-0.2, 0) is 24.7 Å². The molecule has 33 heavy (non-hydrogen) atoms. The summed E-state index contributed by atoms with van der Waals surface area (Å²) >= 11 is 6.51. The van der Waals surface area contributed by atoms with Crippen LogP contribution in [0.2, 0.25) is 5.02 Å². The first-order valence-electron chi connectivity index (χ1n) is 10.7. The summed E-state index contributed by atoms with van der Waals surface area (Å²) in [4.78, 5) is 12.1. The lowest BCUT2D eigenvalue weighted by molar-refractivity contribution is 0.00706. The average molecular weight is 492 g/mol. The number of sulfone groups is 1. The Balaban J connectivity index is 1.24. The van der Waals surface area contributed by atoms with Crippen LogP contribution in [0, 0.1) is 0 Å². The Kier molecular flexibility index (Phi) is 4.76. The van der Waals surface area contributed by atoms with E-state index in [9.17, 15) is 13.5 Å². The number of nitrogens with zero attached hydrogens (tertiary/aromatic N) is 2. The second-order valence-electron chi connectivity index (χ2n) is 9.22. The van der Waals surface area contributed by atoms with E-state index in [2.05, 4.69) is 15.0 Å². The molecular weight excluding hydrogens is 470 g/mol. The molecule has 2 N–H and O–H groups in total. The van der Waals surface area contributed by atoms with Gasteiger partial charge in [0.15, 0.2) is 21.6 Å². The summed E-state index contributed by atoms with van der Waals surface area (Å²) in [5.74, 6) is 0.329. The molecule has 3 aliphatic rings. The molecule has 3 saturated heterocycles. The second-order valence-corrected chi connectivity index (χ2v) is 11.7. The van der Waals surface area contributed by atoms with Crippen LogP contribution < -0.4 is 4.74 Å². The van der Waals surface area contributed by atoms with E-state index in [-0.39, 0.29) is 47.8 Å². The SMILES string of the molecule is CC1(c2ccc(-c3nc4nc(OC5COC6C(O)COC56)[nH]c4cc3Cl)cc2)CS(=O)(=O)C1. The van der Waals surface area contributed by atoms with Gasteiger partial charge in [-0.05, 0) is 11.6 Å². The van der Waals surface area contributed by atoms with Crippen molar-refractivity contribution in [1.29, 1.82) is 0 Å².